The van der Waals surface area contributed by atoms with E-state index in [9.17, 15) is 30.0 Å². The van der Waals surface area contributed by atoms with Gasteiger partial charge in [0.25, 0.3) is 0 Å². The molecule has 8 heteroatoms. The normalized spacial score (nSPS) is 26.5. The zero-order valence-electron chi connectivity index (χ0n) is 14.2. The maximum Gasteiger partial charge on any atom is 0.342 e. The van der Waals surface area contributed by atoms with Crippen LogP contribution < -0.4 is 0 Å². The van der Waals surface area contributed by atoms with Gasteiger partial charge in [0, 0.05) is 12.5 Å². The standard InChI is InChI=1S/C18H21ClO7/c1-9-4-2-6-11(20)17(24)12(21)7-3-5-10-15(18(25)26-9)13(22)8-14(23)16(10)19/h2,6,8-9,12,17,21-24H,3-5,7H2,1H3/b6-2-/t9-,12-,17+/m0/s1. The Hall–Kier alpha value is -2.09. The number of ketones is 1. The van der Waals surface area contributed by atoms with Crippen LogP contribution in [0.4, 0.5) is 0 Å². The molecule has 142 valence electrons. The van der Waals surface area contributed by atoms with E-state index in [2.05, 4.69) is 0 Å². The van der Waals surface area contributed by atoms with Gasteiger partial charge in [0.1, 0.15) is 29.3 Å². The van der Waals surface area contributed by atoms with Crippen molar-refractivity contribution in [2.45, 2.75) is 50.9 Å². The fraction of sp³-hybridized carbons (Fsp3) is 0.444. The number of benzene rings is 1. The second-order valence-corrected chi connectivity index (χ2v) is 6.62. The minimum Gasteiger partial charge on any atom is -0.507 e. The molecule has 1 aromatic rings. The molecule has 2 rings (SSSR count). The third-order valence-corrected chi connectivity index (χ3v) is 4.59. The molecule has 0 bridgehead atoms. The van der Waals surface area contributed by atoms with Crippen molar-refractivity contribution in [3.8, 4) is 11.5 Å². The van der Waals surface area contributed by atoms with Gasteiger partial charge < -0.3 is 25.2 Å². The molecule has 1 aromatic carbocycles. The number of esters is 1. The van der Waals surface area contributed by atoms with Crippen molar-refractivity contribution < 1.29 is 34.8 Å². The van der Waals surface area contributed by atoms with E-state index >= 15 is 0 Å². The number of phenolic OH excluding ortho intramolecular Hbond substituents is 2. The number of aromatic hydroxyl groups is 2. The van der Waals surface area contributed by atoms with E-state index in [0.717, 1.165) is 12.1 Å². The number of fused-ring (bicyclic) bond motifs is 1. The molecule has 3 atom stereocenters. The number of aliphatic hydroxyl groups is 2. The van der Waals surface area contributed by atoms with Crippen molar-refractivity contribution in [1.29, 1.82) is 0 Å². The van der Waals surface area contributed by atoms with Crippen molar-refractivity contribution in [2.75, 3.05) is 0 Å². The average molecular weight is 385 g/mol. The number of carbonyl (C=O) groups excluding carboxylic acids is 2. The average Bonchev–Trinajstić information content (AvgIpc) is 2.57. The predicted octanol–water partition coefficient (Wildman–Crippen LogP) is 1.87. The molecule has 0 radical (unpaired) electrons. The van der Waals surface area contributed by atoms with Crippen LogP contribution in [0.1, 0.15) is 42.1 Å². The van der Waals surface area contributed by atoms with E-state index in [-0.39, 0.29) is 47.6 Å². The molecule has 0 saturated carbocycles. The van der Waals surface area contributed by atoms with E-state index in [1.54, 1.807) is 6.92 Å². The second kappa shape index (κ2) is 8.53. The highest BCUT2D eigenvalue weighted by Gasteiger charge is 2.26. The number of cyclic esters (lactones) is 1. The molecule has 0 amide bonds. The van der Waals surface area contributed by atoms with E-state index in [1.807, 2.05) is 0 Å². The highest BCUT2D eigenvalue weighted by Crippen LogP contribution is 2.37. The van der Waals surface area contributed by atoms with Crippen molar-refractivity contribution in [3.63, 3.8) is 0 Å². The SMILES string of the molecule is C[C@H]1C/C=C\C(=O)[C@@H](O)[C@@H](O)CCCc2c(Cl)c(O)cc(O)c2C(=O)O1. The molecule has 0 aromatic heterocycles. The lowest BCUT2D eigenvalue weighted by molar-refractivity contribution is -0.128. The summed E-state index contributed by atoms with van der Waals surface area (Å²) in [5.74, 6) is -2.29. The molecule has 0 saturated heterocycles. The number of carbonyl (C=O) groups is 2. The topological polar surface area (TPSA) is 124 Å². The van der Waals surface area contributed by atoms with Crippen molar-refractivity contribution in [1.82, 2.24) is 0 Å². The molecular formula is C18H21ClO7. The molecule has 1 heterocycles. The van der Waals surface area contributed by atoms with E-state index in [4.69, 9.17) is 16.3 Å². The molecular weight excluding hydrogens is 364 g/mol. The molecule has 0 aliphatic carbocycles. The maximum absolute atomic E-state index is 12.4. The number of rotatable bonds is 0. The summed E-state index contributed by atoms with van der Waals surface area (Å²) in [4.78, 5) is 24.3. The Labute approximate surface area is 155 Å². The Bertz CT molecular complexity index is 729. The molecule has 0 spiro atoms. The van der Waals surface area contributed by atoms with Gasteiger partial charge in [0.15, 0.2) is 5.78 Å². The first-order valence-electron chi connectivity index (χ1n) is 8.23. The Morgan fingerprint density at radius 2 is 1.88 bits per heavy atom. The van der Waals surface area contributed by atoms with Crippen molar-refractivity contribution in [2.24, 2.45) is 0 Å². The number of halogens is 1. The van der Waals surface area contributed by atoms with Gasteiger partial charge in [-0.25, -0.2) is 4.79 Å². The minimum absolute atomic E-state index is 0.0540. The van der Waals surface area contributed by atoms with Crippen LogP contribution in [0.2, 0.25) is 5.02 Å². The largest absolute Gasteiger partial charge is 0.507 e. The summed E-state index contributed by atoms with van der Waals surface area (Å²) in [6.07, 6.45) is -0.262. The quantitative estimate of drug-likeness (QED) is 0.503. The summed E-state index contributed by atoms with van der Waals surface area (Å²) in [6, 6.07) is 0.966. The van der Waals surface area contributed by atoms with Gasteiger partial charge in [-0.05, 0) is 37.8 Å². The lowest BCUT2D eigenvalue weighted by Gasteiger charge is -2.19. The van der Waals surface area contributed by atoms with Crippen LogP contribution in [0.25, 0.3) is 0 Å². The van der Waals surface area contributed by atoms with E-state index < -0.39 is 35.8 Å². The minimum atomic E-state index is -1.56. The number of aliphatic hydroxyl groups excluding tert-OH is 2. The molecule has 1 aliphatic rings. The number of hydrogen-bond donors (Lipinski definition) is 4. The van der Waals surface area contributed by atoms with Gasteiger partial charge >= 0.3 is 5.97 Å². The van der Waals surface area contributed by atoms with Gasteiger partial charge in [0.05, 0.1) is 11.1 Å². The first-order valence-corrected chi connectivity index (χ1v) is 8.61. The van der Waals surface area contributed by atoms with Gasteiger partial charge in [0.2, 0.25) is 0 Å². The number of hydrogen-bond acceptors (Lipinski definition) is 7. The molecule has 1 aliphatic heterocycles. The highest BCUT2D eigenvalue weighted by atomic mass is 35.5. The summed E-state index contributed by atoms with van der Waals surface area (Å²) >= 11 is 6.08. The Morgan fingerprint density at radius 3 is 2.58 bits per heavy atom. The summed E-state index contributed by atoms with van der Waals surface area (Å²) in [6.45, 7) is 1.60. The summed E-state index contributed by atoms with van der Waals surface area (Å²) in [5, 5.41) is 39.6. The Morgan fingerprint density at radius 1 is 1.19 bits per heavy atom. The zero-order chi connectivity index (χ0) is 19.4. The van der Waals surface area contributed by atoms with Crippen molar-refractivity contribution in [3.05, 3.63) is 34.4 Å². The zero-order valence-corrected chi connectivity index (χ0v) is 14.9. The van der Waals surface area contributed by atoms with Gasteiger partial charge in [-0.3, -0.25) is 4.79 Å². The predicted molar refractivity (Wildman–Crippen MR) is 93.4 cm³/mol. The van der Waals surface area contributed by atoms with E-state index in [0.29, 0.717) is 0 Å². The van der Waals surface area contributed by atoms with Crippen LogP contribution in [0.3, 0.4) is 0 Å². The smallest absolute Gasteiger partial charge is 0.342 e. The first kappa shape index (κ1) is 20.2. The Kier molecular flexibility index (Phi) is 6.63. The molecule has 0 fully saturated rings. The van der Waals surface area contributed by atoms with Crippen LogP contribution in [-0.4, -0.2) is 50.5 Å². The third kappa shape index (κ3) is 4.55. The van der Waals surface area contributed by atoms with Gasteiger partial charge in [-0.2, -0.15) is 0 Å². The van der Waals surface area contributed by atoms with Crippen LogP contribution >= 0.6 is 11.6 Å². The van der Waals surface area contributed by atoms with Crippen LogP contribution in [0.5, 0.6) is 11.5 Å². The van der Waals surface area contributed by atoms with Gasteiger partial charge in [-0.15, -0.1) is 0 Å². The maximum atomic E-state index is 12.4. The fourth-order valence-corrected chi connectivity index (χ4v) is 2.99. The highest BCUT2D eigenvalue weighted by molar-refractivity contribution is 6.33. The monoisotopic (exact) mass is 384 g/mol. The van der Waals surface area contributed by atoms with Crippen molar-refractivity contribution >= 4 is 23.4 Å². The van der Waals surface area contributed by atoms with E-state index in [1.165, 1.54) is 6.08 Å². The second-order valence-electron chi connectivity index (χ2n) is 6.24. The first-order chi connectivity index (χ1) is 12.2. The lowest BCUT2D eigenvalue weighted by atomic mass is 9.96. The molecule has 7 nitrogen and oxygen atoms in total. The Balaban J connectivity index is 2.41. The van der Waals surface area contributed by atoms with Crippen LogP contribution in [-0.2, 0) is 16.0 Å². The summed E-state index contributed by atoms with van der Waals surface area (Å²) in [7, 11) is 0. The molecule has 26 heavy (non-hydrogen) atoms. The molecule has 0 unspecified atom stereocenters. The summed E-state index contributed by atoms with van der Waals surface area (Å²) < 4.78 is 5.27. The molecule has 4 N–H and O–H groups in total. The third-order valence-electron chi connectivity index (χ3n) is 4.17. The lowest BCUT2D eigenvalue weighted by Crippen LogP contribution is -2.33. The fourth-order valence-electron chi connectivity index (χ4n) is 2.75. The number of phenols is 2. The van der Waals surface area contributed by atoms with Crippen LogP contribution in [0.15, 0.2) is 18.2 Å². The number of ether oxygens (including phenoxy) is 1. The summed E-state index contributed by atoms with van der Waals surface area (Å²) in [5.41, 5.74) is 0.0359. The van der Waals surface area contributed by atoms with Crippen LogP contribution in [0, 0.1) is 0 Å². The van der Waals surface area contributed by atoms with Gasteiger partial charge in [-0.1, -0.05) is 17.7 Å².